The molecule has 0 fully saturated rings. The highest BCUT2D eigenvalue weighted by Crippen LogP contribution is 2.47. The molecule has 1 aromatic heterocycles. The van der Waals surface area contributed by atoms with E-state index < -0.39 is 22.8 Å². The molecule has 1 aliphatic heterocycles. The number of halogens is 3. The number of hydrogen-bond acceptors (Lipinski definition) is 3. The van der Waals surface area contributed by atoms with Gasteiger partial charge in [-0.3, -0.25) is 4.99 Å². The number of rotatable bonds is 1. The molecule has 2 aromatic carbocycles. The van der Waals surface area contributed by atoms with Crippen molar-refractivity contribution < 1.29 is 13.2 Å². The minimum Gasteiger partial charge on any atom is -0.270 e. The van der Waals surface area contributed by atoms with Crippen LogP contribution in [0.4, 0.5) is 13.2 Å². The van der Waals surface area contributed by atoms with Crippen molar-refractivity contribution in [3.8, 4) is 0 Å². The quantitative estimate of drug-likeness (QED) is 0.654. The SMILES string of the molecule is CC1(C)N=C(c2cc3ccccc3nn2)c2cccc(F)c2C1(F)F. The van der Waals surface area contributed by atoms with Crippen LogP contribution in [0, 0.1) is 5.82 Å². The van der Waals surface area contributed by atoms with Crippen LogP contribution in [0.25, 0.3) is 10.9 Å². The van der Waals surface area contributed by atoms with Crippen LogP contribution in [0.15, 0.2) is 53.5 Å². The van der Waals surface area contributed by atoms with Gasteiger partial charge in [0.1, 0.15) is 17.1 Å². The zero-order valence-corrected chi connectivity index (χ0v) is 13.6. The average molecular weight is 341 g/mol. The molecule has 126 valence electrons. The summed E-state index contributed by atoms with van der Waals surface area (Å²) in [5.41, 5.74) is -1.14. The maximum absolute atomic E-state index is 14.8. The van der Waals surface area contributed by atoms with Gasteiger partial charge in [-0.25, -0.2) is 4.39 Å². The van der Waals surface area contributed by atoms with Gasteiger partial charge in [-0.1, -0.05) is 30.3 Å². The number of fused-ring (bicyclic) bond motifs is 2. The van der Waals surface area contributed by atoms with E-state index in [0.717, 1.165) is 11.5 Å². The number of nitrogens with zero attached hydrogens (tertiary/aromatic N) is 3. The molecule has 3 aromatic rings. The Hall–Kier alpha value is -2.76. The fourth-order valence-electron chi connectivity index (χ4n) is 3.05. The van der Waals surface area contributed by atoms with Gasteiger partial charge in [0.25, 0.3) is 0 Å². The van der Waals surface area contributed by atoms with Crippen LogP contribution in [0.5, 0.6) is 0 Å². The van der Waals surface area contributed by atoms with Gasteiger partial charge in [0.05, 0.1) is 16.8 Å². The van der Waals surface area contributed by atoms with Crippen LogP contribution in [-0.4, -0.2) is 21.4 Å². The summed E-state index contributed by atoms with van der Waals surface area (Å²) in [4.78, 5) is 4.22. The van der Waals surface area contributed by atoms with E-state index in [9.17, 15) is 13.2 Å². The van der Waals surface area contributed by atoms with Crippen LogP contribution in [0.2, 0.25) is 0 Å². The molecular formula is C19H14F3N3. The predicted molar refractivity (Wildman–Crippen MR) is 89.6 cm³/mol. The maximum atomic E-state index is 14.8. The van der Waals surface area contributed by atoms with E-state index in [-0.39, 0.29) is 11.3 Å². The van der Waals surface area contributed by atoms with Gasteiger partial charge < -0.3 is 0 Å². The van der Waals surface area contributed by atoms with Gasteiger partial charge >= 0.3 is 5.92 Å². The first kappa shape index (κ1) is 15.7. The number of aliphatic imine (C=N–C) groups is 1. The number of hydrogen-bond donors (Lipinski definition) is 0. The van der Waals surface area contributed by atoms with Crippen LogP contribution < -0.4 is 0 Å². The van der Waals surface area contributed by atoms with Crippen molar-refractivity contribution in [1.82, 2.24) is 10.2 Å². The first-order valence-electron chi connectivity index (χ1n) is 7.81. The Labute approximate surface area is 142 Å². The highest BCUT2D eigenvalue weighted by molar-refractivity contribution is 6.14. The summed E-state index contributed by atoms with van der Waals surface area (Å²) in [7, 11) is 0. The predicted octanol–water partition coefficient (Wildman–Crippen LogP) is 4.49. The molecule has 25 heavy (non-hydrogen) atoms. The molecule has 0 N–H and O–H groups in total. The smallest absolute Gasteiger partial charge is 0.270 e. The highest BCUT2D eigenvalue weighted by atomic mass is 19.3. The molecule has 2 heterocycles. The first-order chi connectivity index (χ1) is 11.8. The molecule has 6 heteroatoms. The van der Waals surface area contributed by atoms with Crippen molar-refractivity contribution in [3.05, 3.63) is 71.2 Å². The standard InChI is InChI=1S/C19H14F3N3/c1-18(2)19(21,22)16-12(7-5-8-13(16)20)17(23-18)15-10-11-6-3-4-9-14(11)24-25-15/h3-10H,1-2H3. The van der Waals surface area contributed by atoms with E-state index >= 15 is 0 Å². The fourth-order valence-corrected chi connectivity index (χ4v) is 3.05. The van der Waals surface area contributed by atoms with E-state index in [2.05, 4.69) is 15.2 Å². The van der Waals surface area contributed by atoms with Crippen LogP contribution in [0.1, 0.15) is 30.7 Å². The van der Waals surface area contributed by atoms with Gasteiger partial charge in [-0.15, -0.1) is 10.2 Å². The molecular weight excluding hydrogens is 327 g/mol. The molecule has 0 bridgehead atoms. The lowest BCUT2D eigenvalue weighted by atomic mass is 9.82. The lowest BCUT2D eigenvalue weighted by Crippen LogP contribution is -2.45. The third-order valence-corrected chi connectivity index (χ3v) is 4.48. The highest BCUT2D eigenvalue weighted by Gasteiger charge is 2.54. The third kappa shape index (κ3) is 2.24. The molecule has 0 saturated carbocycles. The number of benzene rings is 2. The molecule has 0 amide bonds. The molecule has 3 nitrogen and oxygen atoms in total. The molecule has 0 saturated heterocycles. The topological polar surface area (TPSA) is 38.1 Å². The normalized spacial score (nSPS) is 17.9. The fraction of sp³-hybridized carbons (Fsp3) is 0.211. The van der Waals surface area contributed by atoms with E-state index in [1.165, 1.54) is 26.0 Å². The Morgan fingerprint density at radius 2 is 1.68 bits per heavy atom. The Morgan fingerprint density at radius 3 is 2.48 bits per heavy atom. The second-order valence-electron chi connectivity index (χ2n) is 6.54. The van der Waals surface area contributed by atoms with Crippen molar-refractivity contribution in [1.29, 1.82) is 0 Å². The zero-order valence-electron chi connectivity index (χ0n) is 13.6. The third-order valence-electron chi connectivity index (χ3n) is 4.48. The summed E-state index contributed by atoms with van der Waals surface area (Å²) in [6.07, 6.45) is 0. The summed E-state index contributed by atoms with van der Waals surface area (Å²) in [6, 6.07) is 13.0. The number of aromatic nitrogens is 2. The molecule has 0 unspecified atom stereocenters. The Balaban J connectivity index is 2.00. The lowest BCUT2D eigenvalue weighted by molar-refractivity contribution is -0.0710. The van der Waals surface area contributed by atoms with Crippen LogP contribution in [-0.2, 0) is 5.92 Å². The summed E-state index contributed by atoms with van der Waals surface area (Å²) < 4.78 is 43.9. The summed E-state index contributed by atoms with van der Waals surface area (Å²) in [5, 5.41) is 9.06. The van der Waals surface area contributed by atoms with E-state index in [0.29, 0.717) is 11.2 Å². The maximum Gasteiger partial charge on any atom is 0.300 e. The van der Waals surface area contributed by atoms with Crippen molar-refractivity contribution >= 4 is 16.6 Å². The molecule has 1 aliphatic rings. The van der Waals surface area contributed by atoms with E-state index in [1.54, 1.807) is 12.1 Å². The molecule has 0 aliphatic carbocycles. The van der Waals surface area contributed by atoms with Crippen molar-refractivity contribution in [2.75, 3.05) is 0 Å². The summed E-state index contributed by atoms with van der Waals surface area (Å²) in [5.74, 6) is -4.38. The van der Waals surface area contributed by atoms with Crippen LogP contribution in [0.3, 0.4) is 0 Å². The number of alkyl halides is 2. The summed E-state index contributed by atoms with van der Waals surface area (Å²) in [6.45, 7) is 2.58. The van der Waals surface area contributed by atoms with Crippen molar-refractivity contribution in [2.24, 2.45) is 4.99 Å². The van der Waals surface area contributed by atoms with Crippen molar-refractivity contribution in [2.45, 2.75) is 25.3 Å². The Morgan fingerprint density at radius 1 is 0.920 bits per heavy atom. The molecule has 4 rings (SSSR count). The van der Waals surface area contributed by atoms with Gasteiger partial charge in [0.15, 0.2) is 0 Å². The Bertz CT molecular complexity index is 1030. The zero-order chi connectivity index (χ0) is 17.8. The van der Waals surface area contributed by atoms with E-state index in [4.69, 9.17) is 0 Å². The van der Waals surface area contributed by atoms with Crippen LogP contribution >= 0.6 is 0 Å². The van der Waals surface area contributed by atoms with E-state index in [1.807, 2.05) is 18.2 Å². The summed E-state index contributed by atoms with van der Waals surface area (Å²) >= 11 is 0. The second-order valence-corrected chi connectivity index (χ2v) is 6.54. The van der Waals surface area contributed by atoms with Gasteiger partial charge in [-0.05, 0) is 32.0 Å². The monoisotopic (exact) mass is 341 g/mol. The van der Waals surface area contributed by atoms with Crippen molar-refractivity contribution in [3.63, 3.8) is 0 Å². The van der Waals surface area contributed by atoms with Gasteiger partial charge in [0.2, 0.25) is 0 Å². The molecule has 0 spiro atoms. The minimum absolute atomic E-state index is 0.0499. The minimum atomic E-state index is -3.43. The largest absolute Gasteiger partial charge is 0.300 e. The Kier molecular flexibility index (Phi) is 3.22. The second kappa shape index (κ2) is 5.12. The average Bonchev–Trinajstić information content (AvgIpc) is 2.58. The molecule has 0 radical (unpaired) electrons. The first-order valence-corrected chi connectivity index (χ1v) is 7.81. The lowest BCUT2D eigenvalue weighted by Gasteiger charge is -2.37. The molecule has 0 atom stereocenters. The van der Waals surface area contributed by atoms with Gasteiger partial charge in [0, 0.05) is 10.9 Å². The van der Waals surface area contributed by atoms with Gasteiger partial charge in [-0.2, -0.15) is 8.78 Å².